The first-order valence-corrected chi connectivity index (χ1v) is 7.78. The summed E-state index contributed by atoms with van der Waals surface area (Å²) in [4.78, 5) is 0.897. The van der Waals surface area contributed by atoms with Gasteiger partial charge >= 0.3 is 0 Å². The Morgan fingerprint density at radius 1 is 1.67 bits per heavy atom. The molecule has 0 fully saturated rings. The van der Waals surface area contributed by atoms with E-state index in [1.165, 1.54) is 0 Å². The van der Waals surface area contributed by atoms with Crippen molar-refractivity contribution in [3.05, 3.63) is 16.5 Å². The lowest BCUT2D eigenvalue weighted by atomic mass is 10.2. The van der Waals surface area contributed by atoms with Crippen LogP contribution in [0.1, 0.15) is 23.5 Å². The van der Waals surface area contributed by atoms with Gasteiger partial charge in [0.05, 0.1) is 6.10 Å². The number of aryl methyl sites for hydroxylation is 1. The summed E-state index contributed by atoms with van der Waals surface area (Å²) < 4.78 is 22.6. The molecule has 0 aliphatic carbocycles. The minimum absolute atomic E-state index is 0.0614. The van der Waals surface area contributed by atoms with Gasteiger partial charge in [0.1, 0.15) is 4.21 Å². The smallest absolute Gasteiger partial charge is 0.247 e. The Morgan fingerprint density at radius 2 is 2.27 bits per heavy atom. The van der Waals surface area contributed by atoms with Gasteiger partial charge in [-0.25, -0.2) is 13.6 Å². The Hall–Kier alpha value is 0.0500. The van der Waals surface area contributed by atoms with Gasteiger partial charge in [0.15, 0.2) is 0 Å². The van der Waals surface area contributed by atoms with E-state index in [0.29, 0.717) is 5.56 Å². The standard InChI is InChI=1S/C8H12BrNO3S2/c1-2-5-3-6(7(11)4-9)8(14-5)15(10,12)13/h3,7,11H,2,4H2,1H3,(H2,10,12,13). The van der Waals surface area contributed by atoms with Gasteiger partial charge in [-0.2, -0.15) is 0 Å². The first-order chi connectivity index (χ1) is 6.90. The first kappa shape index (κ1) is 13.1. The van der Waals surface area contributed by atoms with Crippen LogP contribution < -0.4 is 5.14 Å². The molecular formula is C8H12BrNO3S2. The quantitative estimate of drug-likeness (QED) is 0.824. The fourth-order valence-corrected chi connectivity index (χ4v) is 3.69. The SMILES string of the molecule is CCc1cc(C(O)CBr)c(S(N)(=O)=O)s1. The average molecular weight is 314 g/mol. The van der Waals surface area contributed by atoms with Gasteiger partial charge < -0.3 is 5.11 Å². The van der Waals surface area contributed by atoms with Gasteiger partial charge in [-0.05, 0) is 12.5 Å². The summed E-state index contributed by atoms with van der Waals surface area (Å²) in [7, 11) is -3.74. The van der Waals surface area contributed by atoms with Gasteiger partial charge in [0.2, 0.25) is 10.0 Å². The minimum Gasteiger partial charge on any atom is -0.387 e. The van der Waals surface area contributed by atoms with Crippen LogP contribution in [0.25, 0.3) is 0 Å². The number of halogens is 1. The molecule has 0 radical (unpaired) electrons. The molecule has 1 heterocycles. The fourth-order valence-electron chi connectivity index (χ4n) is 1.15. The maximum atomic E-state index is 11.3. The number of hydrogen-bond acceptors (Lipinski definition) is 4. The summed E-state index contributed by atoms with van der Waals surface area (Å²) in [5.74, 6) is 0. The molecule has 0 aliphatic rings. The highest BCUT2D eigenvalue weighted by Gasteiger charge is 2.22. The summed E-state index contributed by atoms with van der Waals surface area (Å²) in [6.45, 7) is 1.92. The van der Waals surface area contributed by atoms with E-state index in [9.17, 15) is 13.5 Å². The van der Waals surface area contributed by atoms with Gasteiger partial charge in [-0.1, -0.05) is 22.9 Å². The Morgan fingerprint density at radius 3 is 2.67 bits per heavy atom. The highest BCUT2D eigenvalue weighted by molar-refractivity contribution is 9.09. The van der Waals surface area contributed by atoms with Crippen LogP contribution in [0.4, 0.5) is 0 Å². The maximum Gasteiger partial charge on any atom is 0.247 e. The zero-order chi connectivity index (χ0) is 11.6. The molecule has 86 valence electrons. The summed E-state index contributed by atoms with van der Waals surface area (Å²) in [6, 6.07) is 1.69. The van der Waals surface area contributed by atoms with E-state index in [1.807, 2.05) is 6.92 Å². The Bertz CT molecular complexity index is 441. The molecule has 0 saturated carbocycles. The van der Waals surface area contributed by atoms with E-state index in [-0.39, 0.29) is 9.54 Å². The number of aliphatic hydroxyl groups excluding tert-OH is 1. The number of thiophene rings is 1. The van der Waals surface area contributed by atoms with Crippen molar-refractivity contribution in [1.82, 2.24) is 0 Å². The number of sulfonamides is 1. The van der Waals surface area contributed by atoms with E-state index in [1.54, 1.807) is 6.07 Å². The predicted molar refractivity (Wildman–Crippen MR) is 63.8 cm³/mol. The van der Waals surface area contributed by atoms with Crippen molar-refractivity contribution < 1.29 is 13.5 Å². The Kier molecular flexibility index (Phi) is 4.30. The lowest BCUT2D eigenvalue weighted by Crippen LogP contribution is -2.14. The van der Waals surface area contributed by atoms with Crippen molar-refractivity contribution in [1.29, 1.82) is 0 Å². The van der Waals surface area contributed by atoms with E-state index in [0.717, 1.165) is 22.6 Å². The second-order valence-corrected chi connectivity index (χ2v) is 6.57. The van der Waals surface area contributed by atoms with E-state index >= 15 is 0 Å². The molecule has 0 bridgehead atoms. The van der Waals surface area contributed by atoms with E-state index in [4.69, 9.17) is 5.14 Å². The normalized spacial score (nSPS) is 14.1. The van der Waals surface area contributed by atoms with Crippen LogP contribution in [0.3, 0.4) is 0 Å². The molecule has 1 unspecified atom stereocenters. The number of alkyl halides is 1. The summed E-state index contributed by atoms with van der Waals surface area (Å²) >= 11 is 4.22. The van der Waals surface area contributed by atoms with E-state index in [2.05, 4.69) is 15.9 Å². The summed E-state index contributed by atoms with van der Waals surface area (Å²) in [6.07, 6.45) is -0.114. The van der Waals surface area contributed by atoms with Crippen LogP contribution in [0, 0.1) is 0 Å². The Labute approximate surface area is 101 Å². The largest absolute Gasteiger partial charge is 0.387 e. The number of rotatable bonds is 4. The monoisotopic (exact) mass is 313 g/mol. The summed E-state index contributed by atoms with van der Waals surface area (Å²) in [5, 5.41) is 15.0. The third-order valence-electron chi connectivity index (χ3n) is 1.89. The highest BCUT2D eigenvalue weighted by atomic mass is 79.9. The minimum atomic E-state index is -3.74. The fraction of sp³-hybridized carbons (Fsp3) is 0.500. The lowest BCUT2D eigenvalue weighted by molar-refractivity contribution is 0.203. The highest BCUT2D eigenvalue weighted by Crippen LogP contribution is 2.31. The van der Waals surface area contributed by atoms with Gasteiger partial charge in [-0.15, -0.1) is 11.3 Å². The molecule has 0 spiro atoms. The summed E-state index contributed by atoms with van der Waals surface area (Å²) in [5.41, 5.74) is 0.385. The molecule has 4 nitrogen and oxygen atoms in total. The molecule has 7 heteroatoms. The predicted octanol–water partition coefficient (Wildman–Crippen LogP) is 1.39. The number of nitrogens with two attached hydrogens (primary N) is 1. The van der Waals surface area contributed by atoms with Crippen molar-refractivity contribution in [3.8, 4) is 0 Å². The molecule has 15 heavy (non-hydrogen) atoms. The second-order valence-electron chi connectivity index (χ2n) is 3.02. The van der Waals surface area contributed by atoms with Gasteiger partial charge in [0.25, 0.3) is 0 Å². The zero-order valence-corrected chi connectivity index (χ0v) is 11.3. The second kappa shape index (κ2) is 4.92. The number of hydrogen-bond donors (Lipinski definition) is 2. The van der Waals surface area contributed by atoms with Crippen LogP contribution >= 0.6 is 27.3 Å². The van der Waals surface area contributed by atoms with Crippen LogP contribution in [-0.4, -0.2) is 18.9 Å². The van der Waals surface area contributed by atoms with Crippen molar-refractivity contribution in [2.24, 2.45) is 5.14 Å². The van der Waals surface area contributed by atoms with E-state index < -0.39 is 16.1 Å². The maximum absolute atomic E-state index is 11.3. The van der Waals surface area contributed by atoms with Crippen LogP contribution in [-0.2, 0) is 16.4 Å². The van der Waals surface area contributed by atoms with Crippen molar-refractivity contribution >= 4 is 37.3 Å². The van der Waals surface area contributed by atoms with Crippen LogP contribution in [0.15, 0.2) is 10.3 Å². The van der Waals surface area contributed by atoms with Gasteiger partial charge in [-0.3, -0.25) is 0 Å². The number of primary sulfonamides is 1. The molecule has 3 N–H and O–H groups in total. The molecule has 0 aliphatic heterocycles. The van der Waals surface area contributed by atoms with Crippen molar-refractivity contribution in [2.75, 3.05) is 5.33 Å². The Balaban J connectivity index is 3.30. The molecular weight excluding hydrogens is 302 g/mol. The molecule has 0 aromatic carbocycles. The molecule has 1 aromatic rings. The lowest BCUT2D eigenvalue weighted by Gasteiger charge is -2.06. The average Bonchev–Trinajstić information content (AvgIpc) is 2.59. The molecule has 1 atom stereocenters. The molecule has 0 amide bonds. The first-order valence-electron chi connectivity index (χ1n) is 4.29. The van der Waals surface area contributed by atoms with Crippen LogP contribution in [0.2, 0.25) is 0 Å². The zero-order valence-electron chi connectivity index (χ0n) is 8.10. The number of aliphatic hydroxyl groups is 1. The van der Waals surface area contributed by atoms with Crippen molar-refractivity contribution in [3.63, 3.8) is 0 Å². The van der Waals surface area contributed by atoms with Crippen molar-refractivity contribution in [2.45, 2.75) is 23.7 Å². The molecule has 1 rings (SSSR count). The molecule has 1 aromatic heterocycles. The molecule has 0 saturated heterocycles. The van der Waals surface area contributed by atoms with Gasteiger partial charge in [0, 0.05) is 15.8 Å². The third-order valence-corrected chi connectivity index (χ3v) is 5.29. The van der Waals surface area contributed by atoms with Crippen LogP contribution in [0.5, 0.6) is 0 Å². The topological polar surface area (TPSA) is 80.4 Å². The third kappa shape index (κ3) is 3.01.